The molecule has 18 heavy (non-hydrogen) atoms. The Morgan fingerprint density at radius 1 is 1.28 bits per heavy atom. The van der Waals surface area contributed by atoms with Crippen LogP contribution in [0, 0.1) is 0 Å². The standard InChI is InChI=1S/C12H10ClN3OS/c13-8-3-5-9(6-4-8)18-12-10(11(14)16-17)2-1-7-15-12/h1-7,17H,(H2,14,16). The minimum Gasteiger partial charge on any atom is -0.409 e. The molecule has 0 aliphatic heterocycles. The fourth-order valence-electron chi connectivity index (χ4n) is 1.34. The zero-order valence-corrected chi connectivity index (χ0v) is 10.8. The molecule has 1 aromatic heterocycles. The fraction of sp³-hybridized carbons (Fsp3) is 0. The van der Waals surface area contributed by atoms with E-state index in [-0.39, 0.29) is 5.84 Å². The largest absolute Gasteiger partial charge is 0.409 e. The molecule has 1 aromatic carbocycles. The third-order valence-electron chi connectivity index (χ3n) is 2.18. The molecule has 0 saturated carbocycles. The molecule has 0 bridgehead atoms. The normalized spacial score (nSPS) is 11.5. The predicted molar refractivity (Wildman–Crippen MR) is 72.3 cm³/mol. The van der Waals surface area contributed by atoms with E-state index in [1.54, 1.807) is 30.5 Å². The van der Waals surface area contributed by atoms with Crippen LogP contribution in [0.1, 0.15) is 5.56 Å². The van der Waals surface area contributed by atoms with Crippen LogP contribution >= 0.6 is 23.4 Å². The number of amidine groups is 1. The summed E-state index contributed by atoms with van der Waals surface area (Å²) in [5.74, 6) is 0.0413. The number of benzene rings is 1. The lowest BCUT2D eigenvalue weighted by molar-refractivity contribution is 0.318. The van der Waals surface area contributed by atoms with Crippen LogP contribution in [0.25, 0.3) is 0 Å². The molecule has 0 radical (unpaired) electrons. The van der Waals surface area contributed by atoms with Crippen LogP contribution in [0.15, 0.2) is 57.7 Å². The van der Waals surface area contributed by atoms with Crippen LogP contribution in [0.3, 0.4) is 0 Å². The van der Waals surface area contributed by atoms with E-state index in [1.165, 1.54) is 11.8 Å². The Bertz CT molecular complexity index is 572. The number of pyridine rings is 1. The number of rotatable bonds is 3. The van der Waals surface area contributed by atoms with Crippen molar-refractivity contribution in [1.29, 1.82) is 0 Å². The maximum atomic E-state index is 8.72. The van der Waals surface area contributed by atoms with E-state index in [4.69, 9.17) is 22.5 Å². The number of hydrogen-bond acceptors (Lipinski definition) is 4. The monoisotopic (exact) mass is 279 g/mol. The average molecular weight is 280 g/mol. The van der Waals surface area contributed by atoms with Gasteiger partial charge in [-0.3, -0.25) is 0 Å². The smallest absolute Gasteiger partial charge is 0.172 e. The summed E-state index contributed by atoms with van der Waals surface area (Å²) >= 11 is 7.25. The highest BCUT2D eigenvalue weighted by atomic mass is 35.5. The lowest BCUT2D eigenvalue weighted by Gasteiger charge is -2.06. The van der Waals surface area contributed by atoms with Crippen LogP contribution in [-0.4, -0.2) is 16.0 Å². The van der Waals surface area contributed by atoms with E-state index < -0.39 is 0 Å². The second kappa shape index (κ2) is 5.75. The highest BCUT2D eigenvalue weighted by Crippen LogP contribution is 2.29. The highest BCUT2D eigenvalue weighted by Gasteiger charge is 2.09. The Morgan fingerprint density at radius 3 is 2.67 bits per heavy atom. The maximum absolute atomic E-state index is 8.72. The number of oxime groups is 1. The number of nitrogens with two attached hydrogens (primary N) is 1. The van der Waals surface area contributed by atoms with E-state index in [2.05, 4.69) is 10.1 Å². The van der Waals surface area contributed by atoms with E-state index in [0.717, 1.165) is 4.90 Å². The quantitative estimate of drug-likeness (QED) is 0.392. The molecule has 0 fully saturated rings. The van der Waals surface area contributed by atoms with Gasteiger partial charge in [0, 0.05) is 16.1 Å². The molecule has 3 N–H and O–H groups in total. The van der Waals surface area contributed by atoms with Gasteiger partial charge in [0.05, 0.1) is 5.56 Å². The summed E-state index contributed by atoms with van der Waals surface area (Å²) < 4.78 is 0. The van der Waals surface area contributed by atoms with Gasteiger partial charge < -0.3 is 10.9 Å². The first-order chi connectivity index (χ1) is 8.70. The molecule has 0 saturated heterocycles. The summed E-state index contributed by atoms with van der Waals surface area (Å²) in [5.41, 5.74) is 6.20. The van der Waals surface area contributed by atoms with Gasteiger partial charge in [-0.05, 0) is 36.4 Å². The van der Waals surface area contributed by atoms with Gasteiger partial charge in [-0.2, -0.15) is 0 Å². The van der Waals surface area contributed by atoms with Gasteiger partial charge in [-0.1, -0.05) is 28.5 Å². The zero-order valence-electron chi connectivity index (χ0n) is 9.25. The van der Waals surface area contributed by atoms with Crippen molar-refractivity contribution in [2.24, 2.45) is 10.9 Å². The molecule has 92 valence electrons. The maximum Gasteiger partial charge on any atom is 0.172 e. The molecular weight excluding hydrogens is 270 g/mol. The SMILES string of the molecule is N/C(=N\O)c1cccnc1Sc1ccc(Cl)cc1. The summed E-state index contributed by atoms with van der Waals surface area (Å²) in [5, 5.41) is 13.1. The lowest BCUT2D eigenvalue weighted by Crippen LogP contribution is -2.14. The molecule has 0 amide bonds. The van der Waals surface area contributed by atoms with Crippen molar-refractivity contribution in [3.8, 4) is 0 Å². The van der Waals surface area contributed by atoms with Crippen molar-refractivity contribution in [3.05, 3.63) is 53.2 Å². The minimum absolute atomic E-state index is 0.0413. The van der Waals surface area contributed by atoms with E-state index in [0.29, 0.717) is 15.6 Å². The van der Waals surface area contributed by atoms with Gasteiger partial charge >= 0.3 is 0 Å². The van der Waals surface area contributed by atoms with Crippen molar-refractivity contribution >= 4 is 29.2 Å². The third kappa shape index (κ3) is 2.94. The Balaban J connectivity index is 2.32. The van der Waals surface area contributed by atoms with E-state index in [1.807, 2.05) is 12.1 Å². The van der Waals surface area contributed by atoms with Crippen molar-refractivity contribution in [3.63, 3.8) is 0 Å². The van der Waals surface area contributed by atoms with E-state index in [9.17, 15) is 0 Å². The number of hydrogen-bond donors (Lipinski definition) is 2. The Labute approximate surface area is 113 Å². The van der Waals surface area contributed by atoms with Crippen LogP contribution < -0.4 is 5.73 Å². The second-order valence-electron chi connectivity index (χ2n) is 3.40. The summed E-state index contributed by atoms with van der Waals surface area (Å²) in [6.07, 6.45) is 1.66. The molecule has 4 nitrogen and oxygen atoms in total. The first-order valence-corrected chi connectivity index (χ1v) is 6.26. The molecule has 0 spiro atoms. The van der Waals surface area contributed by atoms with Gasteiger partial charge in [-0.15, -0.1) is 0 Å². The van der Waals surface area contributed by atoms with Crippen LogP contribution in [0.5, 0.6) is 0 Å². The molecule has 0 atom stereocenters. The first kappa shape index (κ1) is 12.7. The third-order valence-corrected chi connectivity index (χ3v) is 3.46. The van der Waals surface area contributed by atoms with Crippen LogP contribution in [-0.2, 0) is 0 Å². The average Bonchev–Trinajstić information content (AvgIpc) is 2.41. The molecule has 2 rings (SSSR count). The summed E-state index contributed by atoms with van der Waals surface area (Å²) in [6, 6.07) is 10.9. The number of nitrogens with zero attached hydrogens (tertiary/aromatic N) is 2. The molecule has 2 aromatic rings. The fourth-order valence-corrected chi connectivity index (χ4v) is 2.35. The molecule has 0 aliphatic rings. The molecular formula is C12H10ClN3OS. The summed E-state index contributed by atoms with van der Waals surface area (Å²) in [4.78, 5) is 5.20. The highest BCUT2D eigenvalue weighted by molar-refractivity contribution is 7.99. The van der Waals surface area contributed by atoms with Crippen molar-refractivity contribution in [1.82, 2.24) is 4.98 Å². The van der Waals surface area contributed by atoms with Crippen molar-refractivity contribution < 1.29 is 5.21 Å². The van der Waals surface area contributed by atoms with Crippen molar-refractivity contribution in [2.75, 3.05) is 0 Å². The second-order valence-corrected chi connectivity index (χ2v) is 4.90. The summed E-state index contributed by atoms with van der Waals surface area (Å²) in [7, 11) is 0. The van der Waals surface area contributed by atoms with Gasteiger partial charge in [0.25, 0.3) is 0 Å². The lowest BCUT2D eigenvalue weighted by atomic mass is 10.3. The van der Waals surface area contributed by atoms with Gasteiger partial charge in [0.15, 0.2) is 5.84 Å². The number of halogens is 1. The Kier molecular flexibility index (Phi) is 4.07. The zero-order chi connectivity index (χ0) is 13.0. The van der Waals surface area contributed by atoms with E-state index >= 15 is 0 Å². The summed E-state index contributed by atoms with van der Waals surface area (Å²) in [6.45, 7) is 0. The van der Waals surface area contributed by atoms with Crippen molar-refractivity contribution in [2.45, 2.75) is 9.92 Å². The Hall–Kier alpha value is -1.72. The topological polar surface area (TPSA) is 71.5 Å². The first-order valence-electron chi connectivity index (χ1n) is 5.07. The predicted octanol–water partition coefficient (Wildman–Crippen LogP) is 2.98. The molecule has 1 heterocycles. The minimum atomic E-state index is 0.0413. The van der Waals surface area contributed by atoms with Gasteiger partial charge in [0.1, 0.15) is 5.03 Å². The van der Waals surface area contributed by atoms with Gasteiger partial charge in [0.2, 0.25) is 0 Å². The van der Waals surface area contributed by atoms with Crippen LogP contribution in [0.2, 0.25) is 5.02 Å². The van der Waals surface area contributed by atoms with Crippen LogP contribution in [0.4, 0.5) is 0 Å². The molecule has 0 aliphatic carbocycles. The number of aromatic nitrogens is 1. The Morgan fingerprint density at radius 2 is 2.00 bits per heavy atom. The molecule has 6 heteroatoms. The van der Waals surface area contributed by atoms with Gasteiger partial charge in [-0.25, -0.2) is 4.98 Å². The molecule has 0 unspecified atom stereocenters.